The molecule has 1 aromatic rings. The third-order valence-electron chi connectivity index (χ3n) is 6.04. The molecule has 1 aromatic carbocycles. The molecule has 13 heteroatoms. The van der Waals surface area contributed by atoms with Gasteiger partial charge in [-0.2, -0.15) is 0 Å². The number of rotatable bonds is 12. The van der Waals surface area contributed by atoms with Gasteiger partial charge in [0.2, 0.25) is 0 Å². The number of hydrogen-bond acceptors (Lipinski definition) is 11. The van der Waals surface area contributed by atoms with E-state index in [0.717, 1.165) is 5.56 Å². The van der Waals surface area contributed by atoms with Crippen molar-refractivity contribution in [2.75, 3.05) is 78.6 Å². The maximum absolute atomic E-state index is 12.1. The number of carboxylic acid groups (broad SMARTS) is 4. The van der Waals surface area contributed by atoms with E-state index in [0.29, 0.717) is 0 Å². The Morgan fingerprint density at radius 3 is 1.65 bits per heavy atom. The second-order valence-electron chi connectivity index (χ2n) is 8.86. The molecule has 1 saturated heterocycles. The fourth-order valence-electron chi connectivity index (χ4n) is 4.09. The maximum atomic E-state index is 12.1. The lowest BCUT2D eigenvalue weighted by Crippen LogP contribution is -2.56. The summed E-state index contributed by atoms with van der Waals surface area (Å²) in [6, 6.07) is 8.09. The molecule has 0 amide bonds. The topological polar surface area (TPSA) is 177 Å². The van der Waals surface area contributed by atoms with Crippen molar-refractivity contribution in [3.8, 4) is 0 Å². The quantitative estimate of drug-likeness (QED) is 0.276. The standard InChI is InChI=1S/C24H36N4O9/c29-21(30)14-25-6-8-26(15-22(31)32)10-12-28(13-11-27(9-7-25)16-23(33)34)20(24(35)36)18-37-17-19-4-2-1-3-5-19/h1-5,20H,6-18H2,(H,29,30)(H,31,32)(H,33,34)(H,35,36)/p-2. The van der Waals surface area contributed by atoms with Crippen molar-refractivity contribution in [2.45, 2.75) is 12.6 Å². The van der Waals surface area contributed by atoms with Crippen LogP contribution in [0.1, 0.15) is 5.56 Å². The predicted octanol–water partition coefficient (Wildman–Crippen LogP) is -3.54. The normalized spacial score (nSPS) is 18.4. The second kappa shape index (κ2) is 15.9. The Labute approximate surface area is 215 Å². The lowest BCUT2D eigenvalue weighted by atomic mass is 10.2. The van der Waals surface area contributed by atoms with Crippen LogP contribution in [-0.4, -0.2) is 138 Å². The van der Waals surface area contributed by atoms with Crippen LogP contribution in [0.25, 0.3) is 0 Å². The Bertz CT molecular complexity index is 854. The summed E-state index contributed by atoms with van der Waals surface area (Å²) in [4.78, 5) is 52.4. The highest BCUT2D eigenvalue weighted by atomic mass is 16.5. The Morgan fingerprint density at radius 2 is 1.22 bits per heavy atom. The van der Waals surface area contributed by atoms with Gasteiger partial charge in [0.15, 0.2) is 0 Å². The van der Waals surface area contributed by atoms with Crippen LogP contribution in [-0.2, 0) is 30.5 Å². The van der Waals surface area contributed by atoms with Gasteiger partial charge >= 0.3 is 11.9 Å². The van der Waals surface area contributed by atoms with Crippen molar-refractivity contribution in [3.63, 3.8) is 0 Å². The SMILES string of the molecule is O=C([O-])CN1CCN(CC(=O)O)CCN(C(COCc2ccccc2)C(=O)[O-])CCN(CC(=O)O)CC1. The molecule has 1 fully saturated rings. The van der Waals surface area contributed by atoms with Gasteiger partial charge in [0.05, 0.1) is 44.3 Å². The van der Waals surface area contributed by atoms with Crippen LogP contribution < -0.4 is 10.2 Å². The zero-order chi connectivity index (χ0) is 27.2. The molecule has 0 spiro atoms. The van der Waals surface area contributed by atoms with E-state index >= 15 is 0 Å². The fraction of sp³-hybridized carbons (Fsp3) is 0.583. The van der Waals surface area contributed by atoms with E-state index in [1.165, 1.54) is 0 Å². The molecule has 1 unspecified atom stereocenters. The number of hydrogen-bond donors (Lipinski definition) is 2. The molecule has 2 rings (SSSR count). The smallest absolute Gasteiger partial charge is 0.317 e. The summed E-state index contributed by atoms with van der Waals surface area (Å²) >= 11 is 0. The van der Waals surface area contributed by atoms with Crippen LogP contribution in [0.3, 0.4) is 0 Å². The zero-order valence-corrected chi connectivity index (χ0v) is 20.7. The van der Waals surface area contributed by atoms with E-state index in [1.807, 2.05) is 30.3 Å². The van der Waals surface area contributed by atoms with Crippen molar-refractivity contribution < 1.29 is 44.3 Å². The van der Waals surface area contributed by atoms with Crippen LogP contribution in [0, 0.1) is 0 Å². The Kier molecular flexibility index (Phi) is 12.9. The fourth-order valence-corrected chi connectivity index (χ4v) is 4.09. The van der Waals surface area contributed by atoms with Gasteiger partial charge in [-0.1, -0.05) is 30.3 Å². The molecular weight excluding hydrogens is 488 g/mol. The minimum absolute atomic E-state index is 0.155. The number of carbonyl (C=O) groups is 4. The monoisotopic (exact) mass is 522 g/mol. The average molecular weight is 523 g/mol. The van der Waals surface area contributed by atoms with Crippen molar-refractivity contribution in [1.82, 2.24) is 19.6 Å². The molecule has 1 atom stereocenters. The Morgan fingerprint density at radius 1 is 0.757 bits per heavy atom. The van der Waals surface area contributed by atoms with E-state index in [1.54, 1.807) is 19.6 Å². The summed E-state index contributed by atoms with van der Waals surface area (Å²) in [5.74, 6) is -4.78. The van der Waals surface area contributed by atoms with Gasteiger partial charge in [0, 0.05) is 58.9 Å². The minimum Gasteiger partial charge on any atom is -0.549 e. The molecule has 0 bridgehead atoms. The average Bonchev–Trinajstić information content (AvgIpc) is 2.82. The number of benzene rings is 1. The lowest BCUT2D eigenvalue weighted by molar-refractivity contribution is -0.313. The molecule has 0 saturated carbocycles. The second-order valence-corrected chi connectivity index (χ2v) is 8.86. The molecule has 0 aliphatic carbocycles. The summed E-state index contributed by atoms with van der Waals surface area (Å²) in [7, 11) is 0. The van der Waals surface area contributed by atoms with Crippen molar-refractivity contribution in [1.29, 1.82) is 0 Å². The van der Waals surface area contributed by atoms with Gasteiger partial charge in [-0.25, -0.2) is 0 Å². The third kappa shape index (κ3) is 12.1. The Hall–Kier alpha value is -3.10. The van der Waals surface area contributed by atoms with E-state index in [-0.39, 0.29) is 85.2 Å². The zero-order valence-electron chi connectivity index (χ0n) is 20.7. The van der Waals surface area contributed by atoms with Crippen LogP contribution in [0.5, 0.6) is 0 Å². The van der Waals surface area contributed by atoms with Gasteiger partial charge in [-0.05, 0) is 5.56 Å². The lowest BCUT2D eigenvalue weighted by Gasteiger charge is -2.37. The van der Waals surface area contributed by atoms with Gasteiger partial charge in [0.25, 0.3) is 0 Å². The number of carbonyl (C=O) groups excluding carboxylic acids is 2. The van der Waals surface area contributed by atoms with Gasteiger partial charge < -0.3 is 34.8 Å². The van der Waals surface area contributed by atoms with E-state index in [9.17, 15) is 39.6 Å². The molecule has 1 aliphatic heterocycles. The van der Waals surface area contributed by atoms with Crippen LogP contribution >= 0.6 is 0 Å². The minimum atomic E-state index is -1.35. The molecule has 13 nitrogen and oxygen atoms in total. The van der Waals surface area contributed by atoms with Crippen LogP contribution in [0.2, 0.25) is 0 Å². The summed E-state index contributed by atoms with van der Waals surface area (Å²) in [5, 5.41) is 41.9. The van der Waals surface area contributed by atoms with Crippen molar-refractivity contribution in [2.24, 2.45) is 0 Å². The first-order valence-corrected chi connectivity index (χ1v) is 12.0. The maximum Gasteiger partial charge on any atom is 0.317 e. The summed E-state index contributed by atoms with van der Waals surface area (Å²) in [6.45, 7) is 0.580. The van der Waals surface area contributed by atoms with Crippen LogP contribution in [0.15, 0.2) is 30.3 Å². The molecule has 37 heavy (non-hydrogen) atoms. The number of aliphatic carboxylic acids is 4. The van der Waals surface area contributed by atoms with E-state index in [4.69, 9.17) is 4.74 Å². The van der Waals surface area contributed by atoms with E-state index < -0.39 is 29.9 Å². The highest BCUT2D eigenvalue weighted by Crippen LogP contribution is 2.08. The molecule has 206 valence electrons. The number of nitrogens with zero attached hydrogens (tertiary/aromatic N) is 4. The predicted molar refractivity (Wildman–Crippen MR) is 126 cm³/mol. The van der Waals surface area contributed by atoms with Gasteiger partial charge in [-0.3, -0.25) is 29.2 Å². The van der Waals surface area contributed by atoms with Crippen molar-refractivity contribution >= 4 is 23.9 Å². The molecule has 1 aliphatic rings. The highest BCUT2D eigenvalue weighted by Gasteiger charge is 2.24. The molecule has 0 aromatic heterocycles. The summed E-state index contributed by atoms with van der Waals surface area (Å²) < 4.78 is 5.66. The summed E-state index contributed by atoms with van der Waals surface area (Å²) in [6.07, 6.45) is 0. The van der Waals surface area contributed by atoms with Crippen LogP contribution in [0.4, 0.5) is 0 Å². The van der Waals surface area contributed by atoms with Crippen molar-refractivity contribution in [3.05, 3.63) is 35.9 Å². The van der Waals surface area contributed by atoms with Gasteiger partial charge in [0.1, 0.15) is 0 Å². The Balaban J connectivity index is 2.18. The first-order chi connectivity index (χ1) is 17.6. The highest BCUT2D eigenvalue weighted by molar-refractivity contribution is 5.71. The molecule has 2 N–H and O–H groups in total. The van der Waals surface area contributed by atoms with Gasteiger partial charge in [-0.15, -0.1) is 0 Å². The molecule has 1 heterocycles. The molecule has 0 radical (unpaired) electrons. The van der Waals surface area contributed by atoms with E-state index in [2.05, 4.69) is 0 Å². The number of carboxylic acids is 4. The first-order valence-electron chi connectivity index (χ1n) is 12.0. The number of ether oxygens (including phenoxy) is 1. The molecular formula is C24H34N4O9-2. The first kappa shape index (κ1) is 30.1. The summed E-state index contributed by atoms with van der Waals surface area (Å²) in [5.41, 5.74) is 0.870. The largest absolute Gasteiger partial charge is 0.549 e. The third-order valence-corrected chi connectivity index (χ3v) is 6.04.